The molecule has 0 N–H and O–H groups in total. The Bertz CT molecular complexity index is 692. The summed E-state index contributed by atoms with van der Waals surface area (Å²) < 4.78 is 60.1. The van der Waals surface area contributed by atoms with E-state index in [0.717, 1.165) is 26.1 Å². The third-order valence-corrected chi connectivity index (χ3v) is 6.79. The van der Waals surface area contributed by atoms with E-state index in [-0.39, 0.29) is 22.8 Å². The maximum absolute atomic E-state index is 12.4. The van der Waals surface area contributed by atoms with E-state index in [1.807, 2.05) is 6.92 Å². The van der Waals surface area contributed by atoms with Crippen LogP contribution in [0.25, 0.3) is 0 Å². The fourth-order valence-electron chi connectivity index (χ4n) is 3.82. The molecule has 0 aromatic carbocycles. The van der Waals surface area contributed by atoms with Crippen LogP contribution in [0.15, 0.2) is 12.4 Å². The van der Waals surface area contributed by atoms with E-state index in [0.29, 0.717) is 12.0 Å². The molecule has 2 saturated heterocycles. The number of sulfone groups is 1. The molecule has 1 aromatic heterocycles. The average molecular weight is 363 g/mol. The van der Waals surface area contributed by atoms with Gasteiger partial charge in [-0.15, -0.1) is 0 Å². The summed E-state index contributed by atoms with van der Waals surface area (Å²) in [5, 5.41) is 0. The van der Waals surface area contributed by atoms with Gasteiger partial charge in [0.05, 0.1) is 11.5 Å². The number of aromatic nitrogens is 2. The van der Waals surface area contributed by atoms with E-state index < -0.39 is 21.8 Å². The minimum absolute atomic E-state index is 0.0595. The van der Waals surface area contributed by atoms with E-state index in [1.54, 1.807) is 0 Å². The van der Waals surface area contributed by atoms with Crippen LogP contribution in [0.4, 0.5) is 13.2 Å². The molecule has 3 rings (SSSR count). The predicted molar refractivity (Wildman–Crippen MR) is 82.0 cm³/mol. The number of nitrogens with zero attached hydrogens (tertiary/aromatic N) is 3. The van der Waals surface area contributed by atoms with Crippen LogP contribution in [0, 0.1) is 11.3 Å². The average Bonchev–Trinajstić information content (AvgIpc) is 2.79. The van der Waals surface area contributed by atoms with Crippen molar-refractivity contribution in [2.75, 3.05) is 31.1 Å². The smallest absolute Gasteiger partial charge is 0.302 e. The molecular formula is C15H20F3N3O2S. The van der Waals surface area contributed by atoms with Crippen LogP contribution >= 0.6 is 0 Å². The molecule has 2 aliphatic heterocycles. The zero-order valence-electron chi connectivity index (χ0n) is 13.4. The Balaban J connectivity index is 1.50. The molecule has 1 aromatic rings. The molecule has 0 radical (unpaired) electrons. The van der Waals surface area contributed by atoms with Gasteiger partial charge in [-0.25, -0.2) is 18.4 Å². The second-order valence-electron chi connectivity index (χ2n) is 7.24. The van der Waals surface area contributed by atoms with Crippen LogP contribution in [0.2, 0.25) is 0 Å². The molecule has 24 heavy (non-hydrogen) atoms. The quantitative estimate of drug-likeness (QED) is 0.816. The van der Waals surface area contributed by atoms with E-state index in [2.05, 4.69) is 14.9 Å². The molecule has 5 nitrogen and oxygen atoms in total. The summed E-state index contributed by atoms with van der Waals surface area (Å²) >= 11 is 0. The number of likely N-dealkylation sites (tertiary alicyclic amines) is 1. The summed E-state index contributed by atoms with van der Waals surface area (Å²) in [5.74, 6) is -0.307. The minimum Gasteiger partial charge on any atom is -0.302 e. The summed E-state index contributed by atoms with van der Waals surface area (Å²) in [4.78, 5) is 9.01. The molecule has 0 amide bonds. The van der Waals surface area contributed by atoms with Crippen molar-refractivity contribution in [1.82, 2.24) is 14.9 Å². The highest BCUT2D eigenvalue weighted by molar-refractivity contribution is 7.92. The van der Waals surface area contributed by atoms with Gasteiger partial charge in [-0.3, -0.25) is 0 Å². The molecule has 9 heteroatoms. The zero-order chi connectivity index (χ0) is 17.6. The van der Waals surface area contributed by atoms with Crippen molar-refractivity contribution >= 4 is 9.84 Å². The molecule has 3 heterocycles. The standard InChI is InChI=1S/C15H20F3N3O2S/c1-11(4-12-5-19-13(20-6-12)15(16,17)18)7-21-3-2-14(8-21)9-24(22,23)10-14/h5-6,11H,2-4,7-10H2,1H3/t11-/m0/s1. The fourth-order valence-corrected chi connectivity index (χ4v) is 6.08. The van der Waals surface area contributed by atoms with Gasteiger partial charge in [-0.05, 0) is 30.9 Å². The van der Waals surface area contributed by atoms with Crippen LogP contribution in [0.3, 0.4) is 0 Å². The fraction of sp³-hybridized carbons (Fsp3) is 0.733. The molecular weight excluding hydrogens is 343 g/mol. The van der Waals surface area contributed by atoms with Crippen molar-refractivity contribution in [3.05, 3.63) is 23.8 Å². The lowest BCUT2D eigenvalue weighted by atomic mass is 9.91. The number of rotatable bonds is 4. The first kappa shape index (κ1) is 17.6. The monoisotopic (exact) mass is 363 g/mol. The summed E-state index contributed by atoms with van der Waals surface area (Å²) in [6, 6.07) is 0. The third-order valence-electron chi connectivity index (χ3n) is 4.68. The maximum Gasteiger partial charge on any atom is 0.451 e. The van der Waals surface area contributed by atoms with Crippen molar-refractivity contribution in [3.63, 3.8) is 0 Å². The second-order valence-corrected chi connectivity index (χ2v) is 9.30. The maximum atomic E-state index is 12.4. The number of alkyl halides is 3. The minimum atomic E-state index is -4.52. The Hall–Kier alpha value is -1.22. The molecule has 0 aliphatic carbocycles. The van der Waals surface area contributed by atoms with Crippen molar-refractivity contribution < 1.29 is 21.6 Å². The molecule has 1 atom stereocenters. The Morgan fingerprint density at radius 1 is 1.29 bits per heavy atom. The Labute approximate surface area is 139 Å². The highest BCUT2D eigenvalue weighted by atomic mass is 32.2. The summed E-state index contributed by atoms with van der Waals surface area (Å²) in [6.45, 7) is 4.49. The van der Waals surface area contributed by atoms with Gasteiger partial charge < -0.3 is 4.90 Å². The molecule has 0 unspecified atom stereocenters. The van der Waals surface area contributed by atoms with Gasteiger partial charge in [0.25, 0.3) is 0 Å². The van der Waals surface area contributed by atoms with Crippen LogP contribution in [-0.4, -0.2) is 54.4 Å². The highest BCUT2D eigenvalue weighted by Gasteiger charge is 2.51. The van der Waals surface area contributed by atoms with Gasteiger partial charge >= 0.3 is 6.18 Å². The van der Waals surface area contributed by atoms with Gasteiger partial charge in [0.1, 0.15) is 0 Å². The molecule has 2 aliphatic rings. The van der Waals surface area contributed by atoms with E-state index in [1.165, 1.54) is 12.4 Å². The van der Waals surface area contributed by atoms with Crippen molar-refractivity contribution in [1.29, 1.82) is 0 Å². The lowest BCUT2D eigenvalue weighted by Gasteiger charge is -2.37. The van der Waals surface area contributed by atoms with Crippen molar-refractivity contribution in [3.8, 4) is 0 Å². The first-order chi connectivity index (χ1) is 11.1. The zero-order valence-corrected chi connectivity index (χ0v) is 14.2. The van der Waals surface area contributed by atoms with Crippen LogP contribution in [0.5, 0.6) is 0 Å². The molecule has 2 fully saturated rings. The normalized spacial score (nSPS) is 24.0. The van der Waals surface area contributed by atoms with Gasteiger partial charge in [0.2, 0.25) is 5.82 Å². The predicted octanol–water partition coefficient (Wildman–Crippen LogP) is 1.79. The molecule has 1 spiro atoms. The largest absolute Gasteiger partial charge is 0.451 e. The summed E-state index contributed by atoms with van der Waals surface area (Å²) in [6.07, 6.45) is -0.550. The van der Waals surface area contributed by atoms with E-state index >= 15 is 0 Å². The highest BCUT2D eigenvalue weighted by Crippen LogP contribution is 2.41. The molecule has 0 bridgehead atoms. The Morgan fingerprint density at radius 3 is 2.46 bits per heavy atom. The number of halogens is 3. The van der Waals surface area contributed by atoms with Gasteiger partial charge in [0.15, 0.2) is 9.84 Å². The second kappa shape index (κ2) is 5.94. The first-order valence-corrected chi connectivity index (χ1v) is 9.70. The van der Waals surface area contributed by atoms with Crippen LogP contribution in [0.1, 0.15) is 24.7 Å². The van der Waals surface area contributed by atoms with Crippen LogP contribution < -0.4 is 0 Å². The van der Waals surface area contributed by atoms with E-state index in [9.17, 15) is 21.6 Å². The number of hydrogen-bond donors (Lipinski definition) is 0. The van der Waals surface area contributed by atoms with Crippen molar-refractivity contribution in [2.45, 2.75) is 25.9 Å². The van der Waals surface area contributed by atoms with Crippen LogP contribution in [-0.2, 0) is 22.4 Å². The molecule has 0 saturated carbocycles. The van der Waals surface area contributed by atoms with E-state index in [4.69, 9.17) is 0 Å². The summed E-state index contributed by atoms with van der Waals surface area (Å²) in [5.41, 5.74) is 0.617. The Kier molecular flexibility index (Phi) is 4.36. The lowest BCUT2D eigenvalue weighted by molar-refractivity contribution is -0.145. The SMILES string of the molecule is C[C@@H](Cc1cnc(C(F)(F)F)nc1)CN1CCC2(C1)CS(=O)(=O)C2. The summed E-state index contributed by atoms with van der Waals surface area (Å²) in [7, 11) is -2.82. The molecule has 134 valence electrons. The van der Waals surface area contributed by atoms with Crippen molar-refractivity contribution in [2.24, 2.45) is 11.3 Å². The first-order valence-electron chi connectivity index (χ1n) is 7.88. The Morgan fingerprint density at radius 2 is 1.92 bits per heavy atom. The van der Waals surface area contributed by atoms with Gasteiger partial charge in [-0.2, -0.15) is 13.2 Å². The third kappa shape index (κ3) is 3.88. The number of hydrogen-bond acceptors (Lipinski definition) is 5. The van der Waals surface area contributed by atoms with Gasteiger partial charge in [-0.1, -0.05) is 6.92 Å². The lowest BCUT2D eigenvalue weighted by Crippen LogP contribution is -2.50. The topological polar surface area (TPSA) is 63.2 Å². The van der Waals surface area contributed by atoms with Gasteiger partial charge in [0, 0.05) is 30.9 Å².